The number of nitrogens with two attached hydrogens (primary N) is 1. The number of aromatic nitrogens is 3. The van der Waals surface area contributed by atoms with Gasteiger partial charge in [0.05, 0.1) is 17.1 Å². The summed E-state index contributed by atoms with van der Waals surface area (Å²) in [4.78, 5) is 28.6. The average Bonchev–Trinajstić information content (AvgIpc) is 3.56. The molecule has 1 aliphatic rings. The summed E-state index contributed by atoms with van der Waals surface area (Å²) >= 11 is 1.12. The van der Waals surface area contributed by atoms with Gasteiger partial charge in [0.15, 0.2) is 22.5 Å². The highest BCUT2D eigenvalue weighted by Crippen LogP contribution is 2.39. The van der Waals surface area contributed by atoms with Crippen molar-refractivity contribution >= 4 is 39.9 Å². The van der Waals surface area contributed by atoms with Crippen molar-refractivity contribution in [3.63, 3.8) is 0 Å². The van der Waals surface area contributed by atoms with Crippen molar-refractivity contribution in [2.75, 3.05) is 5.32 Å². The van der Waals surface area contributed by atoms with Crippen LogP contribution in [0.1, 0.15) is 50.5 Å². The van der Waals surface area contributed by atoms with Crippen LogP contribution < -0.4 is 10.5 Å². The van der Waals surface area contributed by atoms with Gasteiger partial charge in [-0.05, 0) is 73.2 Å². The van der Waals surface area contributed by atoms with Gasteiger partial charge in [-0.25, -0.2) is 23.2 Å². The van der Waals surface area contributed by atoms with Crippen LogP contribution in [0.2, 0.25) is 0 Å². The first-order valence-corrected chi connectivity index (χ1v) is 15.9. The number of amides is 1. The molecule has 2 heterocycles. The second-order valence-electron chi connectivity index (χ2n) is 10.5. The molecule has 1 amide bonds. The third-order valence-electron chi connectivity index (χ3n) is 7.32. The molecule has 1 fully saturated rings. The van der Waals surface area contributed by atoms with Gasteiger partial charge in [0.25, 0.3) is 5.91 Å². The molecule has 4 N–H and O–H groups in total. The highest BCUT2D eigenvalue weighted by Gasteiger charge is 2.30. The Morgan fingerprint density at radius 1 is 1.07 bits per heavy atom. The van der Waals surface area contributed by atoms with E-state index >= 15 is 0 Å². The highest BCUT2D eigenvalue weighted by atomic mass is 32.2. The molecule has 0 radical (unpaired) electrons. The van der Waals surface area contributed by atoms with Crippen molar-refractivity contribution in [2.24, 2.45) is 11.1 Å². The number of thiol groups is 1. The van der Waals surface area contributed by atoms with Gasteiger partial charge in [-0.2, -0.15) is 5.10 Å². The number of carboxylic acid groups (broad SMARTS) is 1. The fourth-order valence-corrected chi connectivity index (χ4v) is 6.19. The number of thiazole rings is 1. The van der Waals surface area contributed by atoms with Crippen molar-refractivity contribution < 1.29 is 27.7 Å². The number of nitrogens with one attached hydrogen (secondary N) is 1. The van der Waals surface area contributed by atoms with E-state index in [0.717, 1.165) is 29.9 Å². The molecular weight excluding hydrogens is 609 g/mol. The molecule has 1 aliphatic carbocycles. The Bertz CT molecular complexity index is 1920. The number of carbonyl (C=O) groups excluding carboxylic acids is 1. The van der Waals surface area contributed by atoms with Crippen LogP contribution >= 0.6 is 11.3 Å². The number of aromatic carboxylic acids is 1. The first-order valence-electron chi connectivity index (χ1n) is 13.6. The molecule has 0 aliphatic heterocycles. The smallest absolute Gasteiger partial charge is 0.355 e. The van der Waals surface area contributed by atoms with Gasteiger partial charge in [0.1, 0.15) is 5.82 Å². The number of halogens is 2. The van der Waals surface area contributed by atoms with E-state index in [1.807, 2.05) is 0 Å². The molecule has 1 unspecified atom stereocenters. The van der Waals surface area contributed by atoms with Gasteiger partial charge in [-0.15, -0.1) is 16.5 Å². The Labute approximate surface area is 257 Å². The average molecular weight is 635 g/mol. The Balaban J connectivity index is 1.48. The Kier molecular flexibility index (Phi) is 8.17. The quantitative estimate of drug-likeness (QED) is 0.133. The molecule has 1 saturated carbocycles. The lowest BCUT2D eigenvalue weighted by molar-refractivity contribution is 0.0691. The van der Waals surface area contributed by atoms with Gasteiger partial charge in [0, 0.05) is 28.5 Å². The monoisotopic (exact) mass is 634 g/mol. The van der Waals surface area contributed by atoms with Crippen molar-refractivity contribution in [1.82, 2.24) is 14.8 Å². The Morgan fingerprint density at radius 3 is 2.50 bits per heavy atom. The highest BCUT2D eigenvalue weighted by molar-refractivity contribution is 7.82. The lowest BCUT2D eigenvalue weighted by Gasteiger charge is -2.11. The minimum absolute atomic E-state index is 0.0508. The molecule has 2 aromatic heterocycles. The lowest BCUT2D eigenvalue weighted by atomic mass is 9.96. The van der Waals surface area contributed by atoms with Crippen LogP contribution in [0, 0.1) is 17.6 Å². The van der Waals surface area contributed by atoms with E-state index in [-0.39, 0.29) is 22.7 Å². The first-order chi connectivity index (χ1) is 21.2. The van der Waals surface area contributed by atoms with Crippen LogP contribution in [0.5, 0.6) is 0 Å². The zero-order valence-electron chi connectivity index (χ0n) is 23.0. The third-order valence-corrected chi connectivity index (χ3v) is 8.97. The number of carbonyl (C=O) groups is 2. The predicted octanol–water partition coefficient (Wildman–Crippen LogP) is 5.70. The second kappa shape index (κ2) is 12.2. The fraction of sp³-hybridized carbons (Fsp3) is 0.161. The number of carboxylic acids is 1. The van der Waals surface area contributed by atoms with Crippen LogP contribution in [-0.4, -0.2) is 31.7 Å². The van der Waals surface area contributed by atoms with Crippen LogP contribution in [-0.2, 0) is 28.0 Å². The summed E-state index contributed by atoms with van der Waals surface area (Å²) in [5.41, 5.74) is 3.15. The van der Waals surface area contributed by atoms with Crippen LogP contribution in [0.4, 0.5) is 14.5 Å². The summed E-state index contributed by atoms with van der Waals surface area (Å²) in [6.45, 7) is 0. The second-order valence-corrected chi connectivity index (χ2v) is 12.4. The lowest BCUT2D eigenvalue weighted by Crippen LogP contribution is -2.13. The minimum atomic E-state index is -2.37. The molecule has 224 valence electrons. The van der Waals surface area contributed by atoms with E-state index in [1.54, 1.807) is 41.1 Å². The standard InChI is InChI=1S/C31H25F2N5O4S2/c32-22-10-9-20(15-24(22)35-29(39)19-4-2-1-3-5-19)28-21(12-18-8-11-27(44(34)42)23(33)13-18)26(14-17-6-7-17)38(37-28)31-36-25(16-43-31)30(40)41/h1-5,8-11,13,15-17H,6-7,12,14H2,(H2,34,42)(H,35,39)(H,40,41)/p+1. The van der Waals surface area contributed by atoms with Crippen LogP contribution in [0.25, 0.3) is 16.4 Å². The zero-order valence-corrected chi connectivity index (χ0v) is 24.7. The third kappa shape index (κ3) is 6.20. The molecule has 3 aromatic carbocycles. The van der Waals surface area contributed by atoms with Gasteiger partial charge < -0.3 is 10.4 Å². The molecule has 1 atom stereocenters. The van der Waals surface area contributed by atoms with E-state index in [1.165, 1.54) is 35.7 Å². The number of hydrogen-bond donors (Lipinski definition) is 3. The summed E-state index contributed by atoms with van der Waals surface area (Å²) in [6.07, 6.45) is 2.84. The Hall–Kier alpha value is -4.59. The normalized spacial score (nSPS) is 13.5. The molecule has 0 saturated heterocycles. The van der Waals surface area contributed by atoms with Crippen molar-refractivity contribution in [2.45, 2.75) is 30.6 Å². The fourth-order valence-electron chi connectivity index (χ4n) is 4.92. The Morgan fingerprint density at radius 2 is 1.84 bits per heavy atom. The molecule has 44 heavy (non-hydrogen) atoms. The predicted molar refractivity (Wildman–Crippen MR) is 164 cm³/mol. The van der Waals surface area contributed by atoms with Gasteiger partial charge >= 0.3 is 5.97 Å². The van der Waals surface area contributed by atoms with Crippen LogP contribution in [0.3, 0.4) is 0 Å². The summed E-state index contributed by atoms with van der Waals surface area (Å²) in [5, 5.41) is 24.2. The molecular formula is C31H26F2N5O4S2+. The maximum absolute atomic E-state index is 15.0. The molecule has 9 nitrogen and oxygen atoms in total. The molecule has 6 rings (SSSR count). The van der Waals surface area contributed by atoms with Gasteiger partial charge in [-0.3, -0.25) is 4.79 Å². The first kappa shape index (κ1) is 29.5. The van der Waals surface area contributed by atoms with Crippen molar-refractivity contribution in [3.05, 3.63) is 112 Å². The molecule has 0 spiro atoms. The van der Waals surface area contributed by atoms with E-state index in [9.17, 15) is 27.7 Å². The summed E-state index contributed by atoms with van der Waals surface area (Å²) < 4.78 is 43.2. The van der Waals surface area contributed by atoms with E-state index in [0.29, 0.717) is 45.4 Å². The molecule has 5 aromatic rings. The number of hydrogen-bond acceptors (Lipinski definition) is 6. The number of anilines is 1. The minimum Gasteiger partial charge on any atom is -0.476 e. The number of benzene rings is 3. The SMILES string of the molecule is N[SH+](=O)c1ccc(Cc2c(-c3ccc(F)c(NC(=O)c4ccccc4)c3)nn(-c3nc(C(=O)O)cs3)c2CC2CC2)cc1F. The van der Waals surface area contributed by atoms with E-state index in [4.69, 9.17) is 10.2 Å². The van der Waals surface area contributed by atoms with E-state index < -0.39 is 34.5 Å². The summed E-state index contributed by atoms with van der Waals surface area (Å²) in [7, 11) is -2.37. The van der Waals surface area contributed by atoms with Gasteiger partial charge in [-0.1, -0.05) is 28.5 Å². The maximum atomic E-state index is 15.0. The van der Waals surface area contributed by atoms with Crippen molar-refractivity contribution in [3.8, 4) is 16.4 Å². The summed E-state index contributed by atoms with van der Waals surface area (Å²) in [5.74, 6) is -2.61. The largest absolute Gasteiger partial charge is 0.476 e. The topological polar surface area (TPSA) is 140 Å². The number of rotatable bonds is 10. The van der Waals surface area contributed by atoms with E-state index in [2.05, 4.69) is 10.3 Å². The zero-order chi connectivity index (χ0) is 31.0. The van der Waals surface area contributed by atoms with Crippen molar-refractivity contribution in [1.29, 1.82) is 0 Å². The molecule has 0 bridgehead atoms. The summed E-state index contributed by atoms with van der Waals surface area (Å²) in [6, 6.07) is 17.0. The number of nitrogens with zero attached hydrogens (tertiary/aromatic N) is 3. The van der Waals surface area contributed by atoms with Crippen LogP contribution in [0.15, 0.2) is 77.0 Å². The molecule has 13 heteroatoms. The maximum Gasteiger partial charge on any atom is 0.355 e. The van der Waals surface area contributed by atoms with Gasteiger partial charge in [0.2, 0.25) is 10.0 Å².